The molecule has 0 unspecified atom stereocenters. The topological polar surface area (TPSA) is 66.9 Å². The number of nitrogens with one attached hydrogen (secondary N) is 1. The van der Waals surface area contributed by atoms with Gasteiger partial charge in [0.15, 0.2) is 0 Å². The molecule has 0 radical (unpaired) electrons. The molecule has 32 heavy (non-hydrogen) atoms. The Morgan fingerprint density at radius 2 is 2.06 bits per heavy atom. The van der Waals surface area contributed by atoms with Gasteiger partial charge in [0.25, 0.3) is 5.91 Å². The second kappa shape index (κ2) is 10.0. The van der Waals surface area contributed by atoms with Crippen LogP contribution >= 0.6 is 11.3 Å². The number of methoxy groups -OCH3 is 1. The van der Waals surface area contributed by atoms with E-state index >= 15 is 0 Å². The lowest BCUT2D eigenvalue weighted by Gasteiger charge is -2.23. The monoisotopic (exact) mass is 452 g/mol. The van der Waals surface area contributed by atoms with Crippen LogP contribution in [0.1, 0.15) is 27.8 Å². The van der Waals surface area contributed by atoms with Gasteiger partial charge in [-0.25, -0.2) is 0 Å². The lowest BCUT2D eigenvalue weighted by Crippen LogP contribution is -2.33. The molecule has 7 nitrogen and oxygen atoms in total. The number of fused-ring (bicyclic) bond motifs is 1. The molecular formula is C24H28N4O3S. The molecule has 0 aliphatic carbocycles. The van der Waals surface area contributed by atoms with Crippen molar-refractivity contribution in [1.82, 2.24) is 10.3 Å². The third-order valence-electron chi connectivity index (χ3n) is 5.48. The maximum atomic E-state index is 13.4. The van der Waals surface area contributed by atoms with Gasteiger partial charge < -0.3 is 24.6 Å². The highest BCUT2D eigenvalue weighted by Gasteiger charge is 2.28. The minimum absolute atomic E-state index is 0.0407. The van der Waals surface area contributed by atoms with Crippen molar-refractivity contribution in [3.8, 4) is 11.6 Å². The number of carbonyl (C=O) groups excluding carboxylic acids is 1. The summed E-state index contributed by atoms with van der Waals surface area (Å²) in [7, 11) is 5.45. The molecule has 0 saturated heterocycles. The number of anilines is 2. The summed E-state index contributed by atoms with van der Waals surface area (Å²) in [4.78, 5) is 22.9. The van der Waals surface area contributed by atoms with Gasteiger partial charge in [-0.05, 0) is 43.2 Å². The van der Waals surface area contributed by atoms with Crippen LogP contribution in [0.25, 0.3) is 0 Å². The standard InChI is InChI=1S/C24H28N4O3S/c1-25-12-11-20(21-8-5-15-32-21)31-18-7-4-6-17(16-18)28-14-13-27(2)23-19(24(28)29)9-10-22(26-23)30-3/h4-10,15-16,20,25H,11-14H2,1-3H3/t20-/m0/s1. The number of nitrogens with zero attached hydrogens (tertiary/aromatic N) is 3. The number of likely N-dealkylation sites (N-methyl/N-ethyl adjacent to an activating group) is 1. The van der Waals surface area contributed by atoms with Gasteiger partial charge in [-0.1, -0.05) is 12.1 Å². The molecular weight excluding hydrogens is 424 g/mol. The van der Waals surface area contributed by atoms with Gasteiger partial charge in [0.05, 0.1) is 12.7 Å². The summed E-state index contributed by atoms with van der Waals surface area (Å²) >= 11 is 1.69. The molecule has 0 fully saturated rings. The van der Waals surface area contributed by atoms with E-state index in [1.54, 1.807) is 35.5 Å². The third kappa shape index (κ3) is 4.71. The Morgan fingerprint density at radius 1 is 1.19 bits per heavy atom. The van der Waals surface area contributed by atoms with E-state index in [1.165, 1.54) is 4.88 Å². The fraction of sp³-hybridized carbons (Fsp3) is 0.333. The van der Waals surface area contributed by atoms with Gasteiger partial charge in [-0.15, -0.1) is 11.3 Å². The predicted molar refractivity (Wildman–Crippen MR) is 128 cm³/mol. The Balaban J connectivity index is 1.60. The number of hydrogen-bond acceptors (Lipinski definition) is 7. The van der Waals surface area contributed by atoms with Crippen LogP contribution in [-0.4, -0.2) is 51.7 Å². The van der Waals surface area contributed by atoms with E-state index in [4.69, 9.17) is 9.47 Å². The first-order valence-electron chi connectivity index (χ1n) is 10.6. The summed E-state index contributed by atoms with van der Waals surface area (Å²) in [5, 5.41) is 5.26. The van der Waals surface area contributed by atoms with Crippen molar-refractivity contribution in [2.24, 2.45) is 0 Å². The number of aromatic nitrogens is 1. The van der Waals surface area contributed by atoms with Crippen LogP contribution in [0.15, 0.2) is 53.9 Å². The Hall–Kier alpha value is -3.10. The van der Waals surface area contributed by atoms with Crippen molar-refractivity contribution in [3.63, 3.8) is 0 Å². The minimum atomic E-state index is -0.0818. The Morgan fingerprint density at radius 3 is 2.81 bits per heavy atom. The van der Waals surface area contributed by atoms with Crippen molar-refractivity contribution in [1.29, 1.82) is 0 Å². The second-order valence-electron chi connectivity index (χ2n) is 7.61. The molecule has 1 atom stereocenters. The summed E-state index contributed by atoms with van der Waals surface area (Å²) in [6.07, 6.45) is 0.816. The lowest BCUT2D eigenvalue weighted by molar-refractivity contribution is 0.0990. The van der Waals surface area contributed by atoms with Gasteiger partial charge >= 0.3 is 0 Å². The average molecular weight is 453 g/mol. The number of pyridine rings is 1. The minimum Gasteiger partial charge on any atom is -0.485 e. The van der Waals surface area contributed by atoms with Gasteiger partial charge in [0, 0.05) is 49.3 Å². The van der Waals surface area contributed by atoms with Crippen LogP contribution in [-0.2, 0) is 0 Å². The molecule has 1 N–H and O–H groups in total. The van der Waals surface area contributed by atoms with Crippen LogP contribution in [0.5, 0.6) is 11.6 Å². The molecule has 8 heteroatoms. The number of hydrogen-bond donors (Lipinski definition) is 1. The molecule has 1 aromatic carbocycles. The highest BCUT2D eigenvalue weighted by molar-refractivity contribution is 7.10. The zero-order valence-corrected chi connectivity index (χ0v) is 19.4. The maximum absolute atomic E-state index is 13.4. The first-order valence-corrected chi connectivity index (χ1v) is 11.5. The number of ether oxygens (including phenoxy) is 2. The Labute approximate surface area is 192 Å². The fourth-order valence-corrected chi connectivity index (χ4v) is 4.54. The summed E-state index contributed by atoms with van der Waals surface area (Å²) in [5.74, 6) is 1.79. The van der Waals surface area contributed by atoms with Crippen molar-refractivity contribution >= 4 is 28.7 Å². The van der Waals surface area contributed by atoms with Gasteiger partial charge in [-0.3, -0.25) is 4.79 Å². The van der Waals surface area contributed by atoms with Crippen molar-refractivity contribution < 1.29 is 14.3 Å². The molecule has 3 heterocycles. The molecule has 0 saturated carbocycles. The Bertz CT molecular complexity index is 1060. The van der Waals surface area contributed by atoms with Gasteiger partial charge in [0.2, 0.25) is 5.88 Å². The molecule has 1 aliphatic rings. The van der Waals surface area contributed by atoms with Crippen molar-refractivity contribution in [3.05, 3.63) is 64.4 Å². The van der Waals surface area contributed by atoms with Crippen LogP contribution in [0.2, 0.25) is 0 Å². The van der Waals surface area contributed by atoms with E-state index in [1.807, 2.05) is 49.3 Å². The molecule has 0 spiro atoms. The zero-order chi connectivity index (χ0) is 22.5. The van der Waals surface area contributed by atoms with Crippen LogP contribution in [0.4, 0.5) is 11.5 Å². The number of amides is 1. The first kappa shape index (κ1) is 22.1. The lowest BCUT2D eigenvalue weighted by atomic mass is 10.2. The average Bonchev–Trinajstić information content (AvgIpc) is 3.32. The Kier molecular flexibility index (Phi) is 6.92. The number of thiophene rings is 1. The number of carbonyl (C=O) groups is 1. The molecule has 1 aliphatic heterocycles. The summed E-state index contributed by atoms with van der Waals surface area (Å²) in [6, 6.07) is 15.4. The molecule has 0 bridgehead atoms. The van der Waals surface area contributed by atoms with Crippen LogP contribution in [0, 0.1) is 0 Å². The summed E-state index contributed by atoms with van der Waals surface area (Å²) in [6.45, 7) is 2.06. The predicted octanol–water partition coefficient (Wildman–Crippen LogP) is 3.98. The molecule has 4 rings (SSSR count). The highest BCUT2D eigenvalue weighted by Crippen LogP contribution is 2.32. The van der Waals surface area contributed by atoms with E-state index < -0.39 is 0 Å². The van der Waals surface area contributed by atoms with E-state index in [2.05, 4.69) is 21.7 Å². The van der Waals surface area contributed by atoms with Crippen molar-refractivity contribution in [2.75, 3.05) is 50.6 Å². The second-order valence-corrected chi connectivity index (χ2v) is 8.59. The smallest absolute Gasteiger partial charge is 0.262 e. The summed E-state index contributed by atoms with van der Waals surface area (Å²) < 4.78 is 11.6. The fourth-order valence-electron chi connectivity index (χ4n) is 3.75. The summed E-state index contributed by atoms with van der Waals surface area (Å²) in [5.41, 5.74) is 1.37. The molecule has 2 aromatic heterocycles. The van der Waals surface area contributed by atoms with Crippen LogP contribution < -0.4 is 24.6 Å². The van der Waals surface area contributed by atoms with E-state index in [-0.39, 0.29) is 12.0 Å². The van der Waals surface area contributed by atoms with Gasteiger partial charge in [0.1, 0.15) is 17.7 Å². The first-order chi connectivity index (χ1) is 15.6. The highest BCUT2D eigenvalue weighted by atomic mass is 32.1. The van der Waals surface area contributed by atoms with E-state index in [0.29, 0.717) is 30.4 Å². The molecule has 1 amide bonds. The quantitative estimate of drug-likeness (QED) is 0.558. The maximum Gasteiger partial charge on any atom is 0.262 e. The van der Waals surface area contributed by atoms with E-state index in [0.717, 1.165) is 24.4 Å². The van der Waals surface area contributed by atoms with Gasteiger partial charge in [-0.2, -0.15) is 4.98 Å². The molecule has 3 aromatic rings. The van der Waals surface area contributed by atoms with E-state index in [9.17, 15) is 4.79 Å². The number of rotatable bonds is 8. The van der Waals surface area contributed by atoms with Crippen molar-refractivity contribution in [2.45, 2.75) is 12.5 Å². The van der Waals surface area contributed by atoms with Crippen LogP contribution in [0.3, 0.4) is 0 Å². The molecule has 168 valence electrons. The zero-order valence-electron chi connectivity index (χ0n) is 18.6. The largest absolute Gasteiger partial charge is 0.485 e. The SMILES string of the molecule is CNCC[C@H](Oc1cccc(N2CCN(C)c3nc(OC)ccc3C2=O)c1)c1cccs1. The third-order valence-corrected chi connectivity index (χ3v) is 6.44. The normalized spacial score (nSPS) is 14.7. The number of benzene rings is 1.